The number of amides is 2. The number of primary amides is 1. The minimum absolute atomic E-state index is 0.239. The van der Waals surface area contributed by atoms with Crippen LogP contribution in [-0.4, -0.2) is 17.5 Å². The quantitative estimate of drug-likeness (QED) is 0.881. The molecule has 1 aromatic carbocycles. The number of aryl methyl sites for hydroxylation is 2. The summed E-state index contributed by atoms with van der Waals surface area (Å²) in [6.07, 6.45) is 3.98. The Bertz CT molecular complexity index is 911. The molecule has 0 unspecified atom stereocenters. The molecule has 122 valence electrons. The summed E-state index contributed by atoms with van der Waals surface area (Å²) in [5.74, 6) is -0.700. The third-order valence-corrected chi connectivity index (χ3v) is 5.69. The van der Waals surface area contributed by atoms with Gasteiger partial charge in [0, 0.05) is 10.4 Å². The molecule has 0 atom stereocenters. The molecule has 2 aromatic rings. The second-order valence-corrected chi connectivity index (χ2v) is 7.30. The molecule has 0 bridgehead atoms. The molecule has 0 saturated heterocycles. The van der Waals surface area contributed by atoms with Crippen LogP contribution in [0.25, 0.3) is 0 Å². The number of benzene rings is 1. The summed E-state index contributed by atoms with van der Waals surface area (Å²) < 4.78 is 0. The predicted octanol–water partition coefficient (Wildman–Crippen LogP) is 3.11. The van der Waals surface area contributed by atoms with Crippen molar-refractivity contribution in [2.24, 2.45) is 10.7 Å². The van der Waals surface area contributed by atoms with Gasteiger partial charge in [-0.05, 0) is 50.3 Å². The van der Waals surface area contributed by atoms with Gasteiger partial charge in [-0.1, -0.05) is 11.6 Å². The van der Waals surface area contributed by atoms with Crippen molar-refractivity contribution in [2.45, 2.75) is 32.6 Å². The summed E-state index contributed by atoms with van der Waals surface area (Å²) in [4.78, 5) is 30.0. The van der Waals surface area contributed by atoms with Crippen molar-refractivity contribution in [3.8, 4) is 0 Å². The molecule has 6 heteroatoms. The molecule has 3 N–H and O–H groups in total. The molecule has 0 radical (unpaired) electrons. The lowest BCUT2D eigenvalue weighted by atomic mass is 9.95. The van der Waals surface area contributed by atoms with Crippen molar-refractivity contribution < 1.29 is 9.59 Å². The number of nitrogens with one attached hydrogen (secondary N) is 1. The van der Waals surface area contributed by atoms with Gasteiger partial charge in [0.05, 0.1) is 11.3 Å². The number of thiophene rings is 1. The second kappa shape index (κ2) is 5.56. The molecule has 5 nitrogen and oxygen atoms in total. The minimum Gasteiger partial charge on any atom is -0.365 e. The number of carbonyl (C=O) groups is 2. The fraction of sp³-hybridized carbons (Fsp3) is 0.278. The van der Waals surface area contributed by atoms with E-state index in [1.165, 1.54) is 16.2 Å². The highest BCUT2D eigenvalue weighted by Gasteiger charge is 2.29. The summed E-state index contributed by atoms with van der Waals surface area (Å²) in [5.41, 5.74) is 10.1. The Morgan fingerprint density at radius 1 is 1.29 bits per heavy atom. The van der Waals surface area contributed by atoms with E-state index in [1.807, 2.05) is 25.1 Å². The number of nitrogens with zero attached hydrogens (tertiary/aromatic N) is 1. The van der Waals surface area contributed by atoms with E-state index < -0.39 is 5.91 Å². The van der Waals surface area contributed by atoms with Crippen molar-refractivity contribution in [1.29, 1.82) is 0 Å². The van der Waals surface area contributed by atoms with Crippen LogP contribution in [0.5, 0.6) is 0 Å². The molecule has 0 spiro atoms. The average Bonchev–Trinajstić information content (AvgIpc) is 3.06. The first kappa shape index (κ1) is 15.1. The maximum atomic E-state index is 12.3. The van der Waals surface area contributed by atoms with Crippen molar-refractivity contribution in [3.05, 3.63) is 45.3 Å². The topological polar surface area (TPSA) is 84.5 Å². The van der Waals surface area contributed by atoms with Gasteiger partial charge in [-0.25, -0.2) is 4.99 Å². The van der Waals surface area contributed by atoms with Crippen molar-refractivity contribution in [3.63, 3.8) is 0 Å². The summed E-state index contributed by atoms with van der Waals surface area (Å²) in [6, 6.07) is 5.75. The molecule has 2 amide bonds. The van der Waals surface area contributed by atoms with Gasteiger partial charge in [-0.2, -0.15) is 0 Å². The largest absolute Gasteiger partial charge is 0.365 e. The van der Waals surface area contributed by atoms with Crippen molar-refractivity contribution in [1.82, 2.24) is 0 Å². The molecule has 1 aliphatic carbocycles. The molecule has 1 aliphatic heterocycles. The van der Waals surface area contributed by atoms with E-state index in [4.69, 9.17) is 5.73 Å². The summed E-state index contributed by atoms with van der Waals surface area (Å²) >= 11 is 1.49. The number of aliphatic imine (C=N–C) groups is 1. The Balaban J connectivity index is 1.88. The van der Waals surface area contributed by atoms with Gasteiger partial charge in [-0.3, -0.25) is 9.59 Å². The Kier molecular flexibility index (Phi) is 3.49. The van der Waals surface area contributed by atoms with Gasteiger partial charge in [0.1, 0.15) is 10.7 Å². The first-order chi connectivity index (χ1) is 11.5. The van der Waals surface area contributed by atoms with Crippen LogP contribution in [0.2, 0.25) is 0 Å². The highest BCUT2D eigenvalue weighted by Crippen LogP contribution is 2.40. The summed E-state index contributed by atoms with van der Waals surface area (Å²) in [6.45, 7) is 1.97. The molecule has 2 aliphatic rings. The molecular formula is C18H17N3O2S. The second-order valence-electron chi connectivity index (χ2n) is 6.22. The lowest BCUT2D eigenvalue weighted by molar-refractivity contribution is -0.110. The van der Waals surface area contributed by atoms with E-state index in [9.17, 15) is 9.59 Å². The van der Waals surface area contributed by atoms with E-state index >= 15 is 0 Å². The number of nitrogens with two attached hydrogens (primary N) is 1. The van der Waals surface area contributed by atoms with E-state index in [0.29, 0.717) is 16.3 Å². The van der Waals surface area contributed by atoms with Crippen LogP contribution in [0.15, 0.2) is 23.2 Å². The van der Waals surface area contributed by atoms with Crippen LogP contribution in [0.1, 0.15) is 44.8 Å². The Labute approximate surface area is 143 Å². The molecule has 24 heavy (non-hydrogen) atoms. The SMILES string of the molecule is Cc1ccc2c(c1)/C(=N/c1sc3c(c1C(N)=O)CCCC3)C(=O)N2. The number of rotatable bonds is 2. The maximum Gasteiger partial charge on any atom is 0.275 e. The molecule has 2 heterocycles. The molecular weight excluding hydrogens is 322 g/mol. The lowest BCUT2D eigenvalue weighted by Crippen LogP contribution is -2.16. The highest BCUT2D eigenvalue weighted by molar-refractivity contribution is 7.16. The Morgan fingerprint density at radius 3 is 2.88 bits per heavy atom. The fourth-order valence-electron chi connectivity index (χ4n) is 3.36. The van der Waals surface area contributed by atoms with Crippen LogP contribution >= 0.6 is 11.3 Å². The van der Waals surface area contributed by atoms with Gasteiger partial charge < -0.3 is 11.1 Å². The zero-order valence-electron chi connectivity index (χ0n) is 13.3. The summed E-state index contributed by atoms with van der Waals surface area (Å²) in [7, 11) is 0. The molecule has 1 aromatic heterocycles. The van der Waals surface area contributed by atoms with Crippen LogP contribution in [0.4, 0.5) is 10.7 Å². The van der Waals surface area contributed by atoms with Crippen LogP contribution < -0.4 is 11.1 Å². The maximum absolute atomic E-state index is 12.3. The van der Waals surface area contributed by atoms with Crippen LogP contribution in [0.3, 0.4) is 0 Å². The van der Waals surface area contributed by atoms with E-state index in [1.54, 1.807) is 0 Å². The average molecular weight is 339 g/mol. The first-order valence-corrected chi connectivity index (χ1v) is 8.81. The van der Waals surface area contributed by atoms with E-state index in [2.05, 4.69) is 10.3 Å². The lowest BCUT2D eigenvalue weighted by Gasteiger charge is -2.10. The molecule has 0 fully saturated rings. The number of hydrogen-bond acceptors (Lipinski definition) is 4. The van der Waals surface area contributed by atoms with Crippen LogP contribution in [-0.2, 0) is 17.6 Å². The van der Waals surface area contributed by atoms with E-state index in [-0.39, 0.29) is 5.91 Å². The van der Waals surface area contributed by atoms with Crippen molar-refractivity contribution >= 4 is 39.6 Å². The highest BCUT2D eigenvalue weighted by atomic mass is 32.1. The zero-order chi connectivity index (χ0) is 16.8. The number of anilines is 1. The number of carbonyl (C=O) groups excluding carboxylic acids is 2. The van der Waals surface area contributed by atoms with Crippen molar-refractivity contribution in [2.75, 3.05) is 5.32 Å². The normalized spacial score (nSPS) is 17.5. The summed E-state index contributed by atoms with van der Waals surface area (Å²) in [5, 5.41) is 3.39. The van der Waals surface area contributed by atoms with Gasteiger partial charge in [0.15, 0.2) is 0 Å². The molecule has 0 saturated carbocycles. The third-order valence-electron chi connectivity index (χ3n) is 4.51. The van der Waals surface area contributed by atoms with Gasteiger partial charge in [0.2, 0.25) is 0 Å². The Morgan fingerprint density at radius 2 is 2.08 bits per heavy atom. The van der Waals surface area contributed by atoms with Gasteiger partial charge in [0.25, 0.3) is 11.8 Å². The number of fused-ring (bicyclic) bond motifs is 2. The van der Waals surface area contributed by atoms with Crippen LogP contribution in [0, 0.1) is 6.92 Å². The minimum atomic E-state index is -0.461. The first-order valence-electron chi connectivity index (χ1n) is 8.00. The molecule has 4 rings (SSSR count). The third kappa shape index (κ3) is 2.34. The van der Waals surface area contributed by atoms with E-state index in [0.717, 1.165) is 48.1 Å². The standard InChI is InChI=1S/C18H17N3O2S/c1-9-6-7-12-11(8-9)15(17(23)20-12)21-18-14(16(19)22)10-4-2-3-5-13(10)24-18/h6-8H,2-5H2,1H3,(H2,19,22)(H,20,21,23). The van der Waals surface area contributed by atoms with Gasteiger partial charge >= 0.3 is 0 Å². The zero-order valence-corrected chi connectivity index (χ0v) is 14.1. The fourth-order valence-corrected chi connectivity index (χ4v) is 4.63. The van der Waals surface area contributed by atoms with Gasteiger partial charge in [-0.15, -0.1) is 11.3 Å². The predicted molar refractivity (Wildman–Crippen MR) is 95.5 cm³/mol. The number of hydrogen-bond donors (Lipinski definition) is 2. The monoisotopic (exact) mass is 339 g/mol. The Hall–Kier alpha value is -2.47. The smallest absolute Gasteiger partial charge is 0.275 e.